The van der Waals surface area contributed by atoms with Gasteiger partial charge in [0.25, 0.3) is 17.7 Å². The molecule has 0 saturated heterocycles. The summed E-state index contributed by atoms with van der Waals surface area (Å²) in [5.74, 6) is -1.92. The lowest BCUT2D eigenvalue weighted by molar-refractivity contribution is -0.122. The van der Waals surface area contributed by atoms with Crippen molar-refractivity contribution in [2.75, 3.05) is 12.0 Å². The molecular formula is C30H21FN4O4. The van der Waals surface area contributed by atoms with Gasteiger partial charge in [0.1, 0.15) is 11.6 Å². The monoisotopic (exact) mass is 520 g/mol. The number of halogens is 1. The van der Waals surface area contributed by atoms with Gasteiger partial charge in [-0.15, -0.1) is 0 Å². The molecular weight excluding hydrogens is 499 g/mol. The summed E-state index contributed by atoms with van der Waals surface area (Å²) in [7, 11) is 1.53. The summed E-state index contributed by atoms with van der Waals surface area (Å²) >= 11 is 0. The molecule has 0 radical (unpaired) electrons. The molecule has 9 heteroatoms. The highest BCUT2D eigenvalue weighted by Gasteiger charge is 2.46. The van der Waals surface area contributed by atoms with Crippen LogP contribution < -0.4 is 9.64 Å². The predicted octanol–water partition coefficient (Wildman–Crippen LogP) is 4.24. The largest absolute Gasteiger partial charge is 0.497 e. The van der Waals surface area contributed by atoms with Crippen molar-refractivity contribution in [3.05, 3.63) is 125 Å². The summed E-state index contributed by atoms with van der Waals surface area (Å²) in [6.07, 6.45) is -0.0179. The minimum Gasteiger partial charge on any atom is -0.497 e. The number of para-hydroxylation sites is 1. The fraction of sp³-hybridized carbons (Fsp3) is 0.100. The van der Waals surface area contributed by atoms with Crippen molar-refractivity contribution in [2.24, 2.45) is 4.99 Å². The van der Waals surface area contributed by atoms with E-state index >= 15 is 4.39 Å². The molecule has 1 atom stereocenters. The summed E-state index contributed by atoms with van der Waals surface area (Å²) in [5, 5.41) is 0. The van der Waals surface area contributed by atoms with Gasteiger partial charge in [0.15, 0.2) is 0 Å². The molecule has 192 valence electrons. The molecule has 2 aliphatic heterocycles. The summed E-state index contributed by atoms with van der Waals surface area (Å²) in [5.41, 5.74) is 2.07. The number of amides is 3. The average molecular weight is 521 g/mol. The van der Waals surface area contributed by atoms with E-state index < -0.39 is 29.7 Å². The zero-order valence-electron chi connectivity index (χ0n) is 20.7. The number of aromatic nitrogens is 1. The number of aliphatic imine (C=N–C) groups is 1. The molecule has 6 rings (SSSR count). The molecule has 3 aromatic carbocycles. The molecule has 39 heavy (non-hydrogen) atoms. The number of imide groups is 1. The molecule has 3 amide bonds. The first-order valence-electron chi connectivity index (χ1n) is 12.2. The molecule has 0 bridgehead atoms. The predicted molar refractivity (Wildman–Crippen MR) is 141 cm³/mol. The molecule has 2 aliphatic rings. The second-order valence-corrected chi connectivity index (χ2v) is 8.99. The fourth-order valence-electron chi connectivity index (χ4n) is 4.88. The molecule has 0 spiro atoms. The molecule has 0 aliphatic carbocycles. The van der Waals surface area contributed by atoms with E-state index in [1.807, 2.05) is 0 Å². The van der Waals surface area contributed by atoms with E-state index in [1.165, 1.54) is 30.2 Å². The Labute approximate surface area is 223 Å². The van der Waals surface area contributed by atoms with Crippen molar-refractivity contribution in [1.82, 2.24) is 9.88 Å². The lowest BCUT2D eigenvalue weighted by Gasteiger charge is -2.28. The Morgan fingerprint density at radius 2 is 1.44 bits per heavy atom. The molecule has 3 heterocycles. The lowest BCUT2D eigenvalue weighted by Crippen LogP contribution is -2.49. The number of pyridine rings is 1. The van der Waals surface area contributed by atoms with Gasteiger partial charge in [-0.3, -0.25) is 19.4 Å². The van der Waals surface area contributed by atoms with Crippen LogP contribution in [0.1, 0.15) is 37.5 Å². The van der Waals surface area contributed by atoms with Crippen molar-refractivity contribution < 1.29 is 23.5 Å². The first-order chi connectivity index (χ1) is 19.0. The van der Waals surface area contributed by atoms with Crippen molar-refractivity contribution in [3.63, 3.8) is 0 Å². The average Bonchev–Trinajstić information content (AvgIpc) is 3.15. The number of nitrogens with zero attached hydrogens (tertiary/aromatic N) is 4. The first-order valence-corrected chi connectivity index (χ1v) is 12.2. The van der Waals surface area contributed by atoms with Crippen molar-refractivity contribution >= 4 is 29.1 Å². The van der Waals surface area contributed by atoms with Gasteiger partial charge >= 0.3 is 0 Å². The summed E-state index contributed by atoms with van der Waals surface area (Å²) in [6, 6.07) is 22.7. The second kappa shape index (κ2) is 9.60. The Morgan fingerprint density at radius 1 is 0.821 bits per heavy atom. The number of benzene rings is 3. The van der Waals surface area contributed by atoms with E-state index in [2.05, 4.69) is 9.98 Å². The van der Waals surface area contributed by atoms with Crippen LogP contribution >= 0.6 is 0 Å². The Hall–Kier alpha value is -5.18. The number of ether oxygens (including phenoxy) is 1. The van der Waals surface area contributed by atoms with Crippen LogP contribution in [0.25, 0.3) is 0 Å². The number of hydrogen-bond donors (Lipinski definition) is 0. The van der Waals surface area contributed by atoms with Gasteiger partial charge in [-0.25, -0.2) is 14.3 Å². The third-order valence-electron chi connectivity index (χ3n) is 6.73. The zero-order valence-corrected chi connectivity index (χ0v) is 20.7. The van der Waals surface area contributed by atoms with Crippen molar-refractivity contribution in [1.29, 1.82) is 0 Å². The van der Waals surface area contributed by atoms with E-state index in [4.69, 9.17) is 4.74 Å². The maximum absolute atomic E-state index is 15.1. The number of methoxy groups -OCH3 is 1. The third kappa shape index (κ3) is 4.04. The van der Waals surface area contributed by atoms with Crippen LogP contribution in [0.15, 0.2) is 96.1 Å². The molecule has 0 N–H and O–H groups in total. The van der Waals surface area contributed by atoms with Gasteiger partial charge in [-0.2, -0.15) is 0 Å². The molecule has 8 nitrogen and oxygen atoms in total. The summed E-state index contributed by atoms with van der Waals surface area (Å²) in [4.78, 5) is 52.5. The Bertz CT molecular complexity index is 1650. The number of carbonyl (C=O) groups is 3. The molecule has 1 unspecified atom stereocenters. The van der Waals surface area contributed by atoms with Crippen molar-refractivity contribution in [3.8, 4) is 5.75 Å². The Balaban J connectivity index is 1.55. The van der Waals surface area contributed by atoms with Gasteiger partial charge < -0.3 is 9.64 Å². The zero-order chi connectivity index (χ0) is 27.1. The van der Waals surface area contributed by atoms with Crippen LogP contribution in [-0.4, -0.2) is 46.6 Å². The minimum absolute atomic E-state index is 0.00715. The second-order valence-electron chi connectivity index (χ2n) is 8.99. The van der Waals surface area contributed by atoms with E-state index in [9.17, 15) is 14.4 Å². The molecule has 1 aromatic heterocycles. The summed E-state index contributed by atoms with van der Waals surface area (Å²) < 4.78 is 20.5. The normalized spacial score (nSPS) is 16.5. The Morgan fingerprint density at radius 3 is 2.10 bits per heavy atom. The van der Waals surface area contributed by atoms with E-state index in [1.54, 1.807) is 72.9 Å². The Kier molecular flexibility index (Phi) is 5.95. The van der Waals surface area contributed by atoms with Gasteiger partial charge in [0.05, 0.1) is 41.9 Å². The maximum atomic E-state index is 15.1. The first kappa shape index (κ1) is 24.2. The number of anilines is 1. The number of hydrogen-bond acceptors (Lipinski definition) is 6. The highest BCUT2D eigenvalue weighted by molar-refractivity contribution is 6.25. The quantitative estimate of drug-likeness (QED) is 0.367. The third-order valence-corrected chi connectivity index (χ3v) is 6.73. The van der Waals surface area contributed by atoms with E-state index in [0.29, 0.717) is 22.7 Å². The standard InChI is InChI=1S/C30H21FN4O4/c1-39-19-14-15-32-18(16-19)17-34-25-13-7-5-11-23(25)26(22-10-4-6-12-24(22)31)33-27(30(34)38)35-28(36)20-8-2-3-9-21(20)29(35)37/h2-16,27H,17H2,1H3. The number of benzodiazepines with no additional fused rings is 1. The van der Waals surface area contributed by atoms with Gasteiger partial charge in [-0.1, -0.05) is 42.5 Å². The maximum Gasteiger partial charge on any atom is 0.273 e. The van der Waals surface area contributed by atoms with Gasteiger partial charge in [-0.05, 0) is 36.4 Å². The molecule has 0 fully saturated rings. The highest BCUT2D eigenvalue weighted by atomic mass is 19.1. The van der Waals surface area contributed by atoms with Gasteiger partial charge in [0.2, 0.25) is 6.17 Å². The number of rotatable bonds is 5. The van der Waals surface area contributed by atoms with Crippen LogP contribution in [0.4, 0.5) is 10.1 Å². The minimum atomic E-state index is -1.58. The van der Waals surface area contributed by atoms with E-state index in [0.717, 1.165) is 4.90 Å². The van der Waals surface area contributed by atoms with Crippen LogP contribution in [0, 0.1) is 5.82 Å². The summed E-state index contributed by atoms with van der Waals surface area (Å²) in [6.45, 7) is -0.00715. The highest BCUT2D eigenvalue weighted by Crippen LogP contribution is 2.34. The number of carbonyl (C=O) groups excluding carboxylic acids is 3. The van der Waals surface area contributed by atoms with Crippen LogP contribution in [0.3, 0.4) is 0 Å². The fourth-order valence-corrected chi connectivity index (χ4v) is 4.88. The smallest absolute Gasteiger partial charge is 0.273 e. The van der Waals surface area contributed by atoms with Crippen molar-refractivity contribution in [2.45, 2.75) is 12.7 Å². The van der Waals surface area contributed by atoms with Crippen LogP contribution in [0.2, 0.25) is 0 Å². The van der Waals surface area contributed by atoms with Crippen LogP contribution in [0.5, 0.6) is 5.75 Å². The van der Waals surface area contributed by atoms with E-state index in [-0.39, 0.29) is 28.9 Å². The lowest BCUT2D eigenvalue weighted by atomic mass is 9.99. The van der Waals surface area contributed by atoms with Crippen LogP contribution in [-0.2, 0) is 11.3 Å². The topological polar surface area (TPSA) is 92.2 Å². The number of fused-ring (bicyclic) bond motifs is 2. The molecule has 0 saturated carbocycles. The SMILES string of the molecule is COc1ccnc(CN2C(=O)C(N3C(=O)c4ccccc4C3=O)N=C(c3ccccc3F)c3ccccc32)c1. The van der Waals surface area contributed by atoms with Gasteiger partial charge in [0, 0.05) is 23.4 Å². The molecule has 4 aromatic rings.